The predicted octanol–water partition coefficient (Wildman–Crippen LogP) is 4.60. The van der Waals surface area contributed by atoms with E-state index in [0.717, 1.165) is 24.9 Å². The molecule has 0 aromatic heterocycles. The molecule has 0 radical (unpaired) electrons. The van der Waals surface area contributed by atoms with Crippen LogP contribution in [0, 0.1) is 6.92 Å². The van der Waals surface area contributed by atoms with Gasteiger partial charge in [-0.05, 0) is 31.7 Å². The van der Waals surface area contributed by atoms with E-state index < -0.39 is 0 Å². The highest BCUT2D eigenvalue weighted by Crippen LogP contribution is 2.26. The monoisotopic (exact) mass is 275 g/mol. The first-order valence-corrected chi connectivity index (χ1v) is 8.26. The van der Waals surface area contributed by atoms with E-state index in [9.17, 15) is 0 Å². The second kappa shape index (κ2) is 8.31. The fraction of sp³-hybridized carbons (Fsp3) is 0.667. The van der Waals surface area contributed by atoms with Crippen LogP contribution in [-0.2, 0) is 6.54 Å². The molecule has 0 bridgehead atoms. The van der Waals surface area contributed by atoms with Gasteiger partial charge in [0.25, 0.3) is 0 Å². The smallest absolute Gasteiger partial charge is 0.126 e. The van der Waals surface area contributed by atoms with Gasteiger partial charge in [0.15, 0.2) is 0 Å². The number of hydrogen-bond acceptors (Lipinski definition) is 2. The molecule has 0 heterocycles. The van der Waals surface area contributed by atoms with Gasteiger partial charge < -0.3 is 10.1 Å². The molecule has 0 saturated heterocycles. The number of para-hydroxylation sites is 1. The van der Waals surface area contributed by atoms with Gasteiger partial charge in [-0.1, -0.05) is 50.8 Å². The van der Waals surface area contributed by atoms with E-state index in [1.54, 1.807) is 0 Å². The predicted molar refractivity (Wildman–Crippen MR) is 85.3 cm³/mol. The van der Waals surface area contributed by atoms with Gasteiger partial charge in [0, 0.05) is 18.2 Å². The first-order valence-electron chi connectivity index (χ1n) is 8.26. The summed E-state index contributed by atoms with van der Waals surface area (Å²) in [5, 5.41) is 3.58. The Bertz CT molecular complexity index is 398. The quantitative estimate of drug-likeness (QED) is 0.630. The molecular formula is C18H29NO. The maximum atomic E-state index is 6.06. The summed E-state index contributed by atoms with van der Waals surface area (Å²) in [7, 11) is 0. The minimum absolute atomic E-state index is 0.748. The highest BCUT2D eigenvalue weighted by Gasteiger charge is 2.20. The van der Waals surface area contributed by atoms with E-state index >= 15 is 0 Å². The molecule has 0 amide bonds. The molecule has 2 rings (SSSR count). The van der Waals surface area contributed by atoms with Gasteiger partial charge in [0.05, 0.1) is 6.61 Å². The molecule has 0 spiro atoms. The molecule has 2 heteroatoms. The molecule has 0 unspecified atom stereocenters. The average molecular weight is 275 g/mol. The van der Waals surface area contributed by atoms with E-state index in [1.165, 1.54) is 56.1 Å². The van der Waals surface area contributed by atoms with Gasteiger partial charge in [-0.15, -0.1) is 0 Å². The second-order valence-corrected chi connectivity index (χ2v) is 5.98. The first kappa shape index (κ1) is 15.4. The van der Waals surface area contributed by atoms with Crippen LogP contribution in [-0.4, -0.2) is 12.6 Å². The van der Waals surface area contributed by atoms with Crippen LogP contribution in [0.2, 0.25) is 0 Å². The number of aryl methyl sites for hydroxylation is 1. The molecule has 1 aliphatic carbocycles. The van der Waals surface area contributed by atoms with Crippen LogP contribution in [0.15, 0.2) is 18.2 Å². The van der Waals surface area contributed by atoms with Gasteiger partial charge in [0.1, 0.15) is 5.75 Å². The van der Waals surface area contributed by atoms with E-state index in [0.29, 0.717) is 0 Å². The van der Waals surface area contributed by atoms with Crippen molar-refractivity contribution in [3.8, 4) is 5.75 Å². The highest BCUT2D eigenvalue weighted by atomic mass is 16.5. The van der Waals surface area contributed by atoms with Crippen molar-refractivity contribution in [3.05, 3.63) is 29.3 Å². The zero-order valence-electron chi connectivity index (χ0n) is 13.1. The van der Waals surface area contributed by atoms with E-state index in [1.807, 2.05) is 0 Å². The van der Waals surface area contributed by atoms with Crippen LogP contribution in [0.25, 0.3) is 0 Å². The Balaban J connectivity index is 1.78. The summed E-state index contributed by atoms with van der Waals surface area (Å²) in [5.41, 5.74) is 2.57. The number of benzene rings is 1. The Kier molecular flexibility index (Phi) is 6.38. The largest absolute Gasteiger partial charge is 0.493 e. The third-order valence-corrected chi connectivity index (χ3v) is 3.95. The molecule has 20 heavy (non-hydrogen) atoms. The normalized spacial score (nSPS) is 14.5. The minimum Gasteiger partial charge on any atom is -0.493 e. The first-order chi connectivity index (χ1) is 9.81. The van der Waals surface area contributed by atoms with Crippen LogP contribution in [0.3, 0.4) is 0 Å². The van der Waals surface area contributed by atoms with Crippen LogP contribution in [0.1, 0.15) is 63.0 Å². The number of rotatable bonds is 10. The standard InChI is InChI=1S/C18H29NO/c1-3-4-5-6-7-13-20-18-15(2)9-8-10-16(18)14-19-17-11-12-17/h8-10,17,19H,3-7,11-14H2,1-2H3. The van der Waals surface area contributed by atoms with Gasteiger partial charge in [0.2, 0.25) is 0 Å². The number of unbranched alkanes of at least 4 members (excludes halogenated alkanes) is 4. The van der Waals surface area contributed by atoms with Crippen molar-refractivity contribution in [2.75, 3.05) is 6.61 Å². The zero-order valence-corrected chi connectivity index (χ0v) is 13.1. The van der Waals surface area contributed by atoms with Crippen molar-refractivity contribution in [3.63, 3.8) is 0 Å². The molecule has 1 aliphatic rings. The third kappa shape index (κ3) is 5.16. The maximum absolute atomic E-state index is 6.06. The number of hydrogen-bond donors (Lipinski definition) is 1. The molecule has 1 fully saturated rings. The summed E-state index contributed by atoms with van der Waals surface area (Å²) < 4.78 is 6.06. The van der Waals surface area contributed by atoms with Crippen LogP contribution in [0.4, 0.5) is 0 Å². The average Bonchev–Trinajstić information content (AvgIpc) is 3.26. The topological polar surface area (TPSA) is 21.3 Å². The van der Waals surface area contributed by atoms with Crippen molar-refractivity contribution in [2.45, 2.75) is 71.4 Å². The third-order valence-electron chi connectivity index (χ3n) is 3.95. The number of nitrogens with one attached hydrogen (secondary N) is 1. The van der Waals surface area contributed by atoms with Crippen molar-refractivity contribution in [1.29, 1.82) is 0 Å². The Morgan fingerprint density at radius 3 is 2.70 bits per heavy atom. The molecule has 1 saturated carbocycles. The summed E-state index contributed by atoms with van der Waals surface area (Å²) in [4.78, 5) is 0. The SMILES string of the molecule is CCCCCCCOc1c(C)cccc1CNC1CC1. The summed E-state index contributed by atoms with van der Waals surface area (Å²) in [6.45, 7) is 6.19. The van der Waals surface area contributed by atoms with Gasteiger partial charge in [-0.2, -0.15) is 0 Å². The fourth-order valence-electron chi connectivity index (χ4n) is 2.48. The van der Waals surface area contributed by atoms with Crippen LogP contribution >= 0.6 is 0 Å². The summed E-state index contributed by atoms with van der Waals surface area (Å²) in [6.07, 6.45) is 9.11. The van der Waals surface area contributed by atoms with E-state index in [4.69, 9.17) is 4.74 Å². The molecule has 2 nitrogen and oxygen atoms in total. The lowest BCUT2D eigenvalue weighted by atomic mass is 10.1. The van der Waals surface area contributed by atoms with Crippen molar-refractivity contribution in [1.82, 2.24) is 5.32 Å². The van der Waals surface area contributed by atoms with Gasteiger partial charge >= 0.3 is 0 Å². The van der Waals surface area contributed by atoms with Gasteiger partial charge in [-0.25, -0.2) is 0 Å². The lowest BCUT2D eigenvalue weighted by Gasteiger charge is -2.14. The summed E-state index contributed by atoms with van der Waals surface area (Å²) in [6, 6.07) is 7.22. The van der Waals surface area contributed by atoms with Crippen LogP contribution in [0.5, 0.6) is 5.75 Å². The minimum atomic E-state index is 0.748. The lowest BCUT2D eigenvalue weighted by Crippen LogP contribution is -2.16. The molecule has 0 atom stereocenters. The van der Waals surface area contributed by atoms with Crippen molar-refractivity contribution >= 4 is 0 Å². The maximum Gasteiger partial charge on any atom is 0.126 e. The second-order valence-electron chi connectivity index (χ2n) is 5.98. The fourth-order valence-corrected chi connectivity index (χ4v) is 2.48. The molecule has 112 valence electrons. The lowest BCUT2D eigenvalue weighted by molar-refractivity contribution is 0.299. The Morgan fingerprint density at radius 1 is 1.15 bits per heavy atom. The van der Waals surface area contributed by atoms with E-state index in [2.05, 4.69) is 37.4 Å². The molecule has 1 aromatic rings. The van der Waals surface area contributed by atoms with Crippen molar-refractivity contribution in [2.24, 2.45) is 0 Å². The molecular weight excluding hydrogens is 246 g/mol. The molecule has 0 aliphatic heterocycles. The Hall–Kier alpha value is -1.02. The zero-order chi connectivity index (χ0) is 14.2. The molecule has 1 aromatic carbocycles. The van der Waals surface area contributed by atoms with Crippen molar-refractivity contribution < 1.29 is 4.74 Å². The Labute approximate surface area is 123 Å². The Morgan fingerprint density at radius 2 is 1.95 bits per heavy atom. The van der Waals surface area contributed by atoms with Gasteiger partial charge in [-0.3, -0.25) is 0 Å². The summed E-state index contributed by atoms with van der Waals surface area (Å²) >= 11 is 0. The summed E-state index contributed by atoms with van der Waals surface area (Å²) in [5.74, 6) is 1.11. The van der Waals surface area contributed by atoms with Crippen LogP contribution < -0.4 is 10.1 Å². The highest BCUT2D eigenvalue weighted by molar-refractivity contribution is 5.40. The number of ether oxygens (including phenoxy) is 1. The molecule has 1 N–H and O–H groups in total. The van der Waals surface area contributed by atoms with E-state index in [-0.39, 0.29) is 0 Å².